The summed E-state index contributed by atoms with van der Waals surface area (Å²) in [4.78, 5) is 42.3. The summed E-state index contributed by atoms with van der Waals surface area (Å²) >= 11 is 0. The molecule has 0 aliphatic rings. The topological polar surface area (TPSA) is 210 Å². The zero-order chi connectivity index (χ0) is 24.4. The van der Waals surface area contributed by atoms with Gasteiger partial charge < -0.3 is 42.8 Å². The minimum absolute atomic E-state index is 0.0636. The summed E-state index contributed by atoms with van der Waals surface area (Å²) in [6.45, 7) is 1.06. The van der Waals surface area contributed by atoms with Crippen molar-refractivity contribution in [2.75, 3.05) is 38.0 Å². The van der Waals surface area contributed by atoms with Crippen LogP contribution in [-0.2, 0) is 14.4 Å². The summed E-state index contributed by atoms with van der Waals surface area (Å²) in [5.41, 5.74) is 18.1. The maximum atomic E-state index is 12.2. The third-order valence-corrected chi connectivity index (χ3v) is 4.87. The van der Waals surface area contributed by atoms with Gasteiger partial charge in [-0.2, -0.15) is 0 Å². The quantitative estimate of drug-likeness (QED) is 0.159. The summed E-state index contributed by atoms with van der Waals surface area (Å²) < 4.78 is 0. The minimum atomic E-state index is -1.62. The van der Waals surface area contributed by atoms with Gasteiger partial charge in [0.1, 0.15) is 0 Å². The maximum absolute atomic E-state index is 12.2. The van der Waals surface area contributed by atoms with Crippen molar-refractivity contribution in [3.05, 3.63) is 30.5 Å². The first-order valence-corrected chi connectivity index (χ1v) is 10.5. The lowest BCUT2D eigenvalue weighted by atomic mass is 9.80. The van der Waals surface area contributed by atoms with Gasteiger partial charge in [0.15, 0.2) is 0 Å². The first-order chi connectivity index (χ1) is 15.7. The van der Waals surface area contributed by atoms with Crippen molar-refractivity contribution in [1.82, 2.24) is 15.2 Å². The molecular weight excluding hydrogens is 429 g/mol. The van der Waals surface area contributed by atoms with Crippen molar-refractivity contribution in [1.29, 1.82) is 0 Å². The minimum Gasteiger partial charge on any atom is -0.423 e. The van der Waals surface area contributed by atoms with Gasteiger partial charge in [0.2, 0.25) is 17.7 Å². The van der Waals surface area contributed by atoms with Crippen LogP contribution in [0.3, 0.4) is 0 Å². The molecular formula is C20H30BN7O5. The molecule has 0 spiro atoms. The Labute approximate surface area is 191 Å². The molecule has 0 aliphatic carbocycles. The molecule has 0 saturated heterocycles. The highest BCUT2D eigenvalue weighted by Gasteiger charge is 2.19. The average Bonchev–Trinajstić information content (AvgIpc) is 2.80. The number of nitrogens with one attached hydrogen (secondary N) is 2. The molecule has 3 amide bonds. The zero-order valence-electron chi connectivity index (χ0n) is 18.2. The van der Waals surface area contributed by atoms with Crippen LogP contribution in [0.1, 0.15) is 12.8 Å². The lowest BCUT2D eigenvalue weighted by molar-refractivity contribution is -0.131. The molecule has 0 aliphatic heterocycles. The fourth-order valence-electron chi connectivity index (χ4n) is 3.12. The molecule has 0 radical (unpaired) electrons. The molecule has 1 aromatic carbocycles. The summed E-state index contributed by atoms with van der Waals surface area (Å²) in [6, 6.07) is 5.39. The number of carbonyl (C=O) groups is 3. The van der Waals surface area contributed by atoms with Gasteiger partial charge in [-0.3, -0.25) is 19.4 Å². The van der Waals surface area contributed by atoms with E-state index in [2.05, 4.69) is 15.6 Å². The number of benzene rings is 1. The van der Waals surface area contributed by atoms with E-state index in [1.807, 2.05) is 0 Å². The van der Waals surface area contributed by atoms with Gasteiger partial charge in [-0.25, -0.2) is 0 Å². The van der Waals surface area contributed by atoms with Crippen LogP contribution in [0, 0.1) is 0 Å². The van der Waals surface area contributed by atoms with Crippen molar-refractivity contribution in [3.63, 3.8) is 0 Å². The van der Waals surface area contributed by atoms with E-state index in [9.17, 15) is 24.4 Å². The third kappa shape index (κ3) is 8.07. The van der Waals surface area contributed by atoms with Gasteiger partial charge in [0.25, 0.3) is 0 Å². The predicted octanol–water partition coefficient (Wildman–Crippen LogP) is -3.18. The molecule has 1 heterocycles. The van der Waals surface area contributed by atoms with E-state index in [4.69, 9.17) is 17.2 Å². The molecule has 0 bridgehead atoms. The molecule has 0 saturated carbocycles. The molecule has 178 valence electrons. The predicted molar refractivity (Wildman–Crippen MR) is 125 cm³/mol. The third-order valence-electron chi connectivity index (χ3n) is 4.87. The molecule has 2 aromatic rings. The van der Waals surface area contributed by atoms with Gasteiger partial charge >= 0.3 is 7.12 Å². The first-order valence-electron chi connectivity index (χ1n) is 10.5. The van der Waals surface area contributed by atoms with E-state index in [-0.39, 0.29) is 25.3 Å². The molecule has 10 N–H and O–H groups in total. The molecule has 1 aromatic heterocycles. The number of nitrogens with zero attached hydrogens (tertiary/aromatic N) is 2. The molecule has 1 unspecified atom stereocenters. The number of fused-ring (bicyclic) bond motifs is 1. The monoisotopic (exact) mass is 459 g/mol. The number of nitrogens with two attached hydrogens (primary N) is 3. The Morgan fingerprint density at radius 3 is 2.45 bits per heavy atom. The smallest absolute Gasteiger partial charge is 0.423 e. The van der Waals surface area contributed by atoms with Crippen LogP contribution >= 0.6 is 0 Å². The zero-order valence-corrected chi connectivity index (χ0v) is 18.2. The molecule has 2 rings (SSSR count). The van der Waals surface area contributed by atoms with Crippen LogP contribution in [0.2, 0.25) is 0 Å². The van der Waals surface area contributed by atoms with Crippen LogP contribution in [0.4, 0.5) is 5.69 Å². The van der Waals surface area contributed by atoms with Crippen molar-refractivity contribution in [2.45, 2.75) is 18.9 Å². The van der Waals surface area contributed by atoms with Crippen molar-refractivity contribution in [3.8, 4) is 0 Å². The number of pyridine rings is 1. The van der Waals surface area contributed by atoms with Crippen LogP contribution in [0.5, 0.6) is 0 Å². The number of hydrogen-bond donors (Lipinski definition) is 7. The van der Waals surface area contributed by atoms with E-state index in [1.165, 1.54) is 11.1 Å². The van der Waals surface area contributed by atoms with Gasteiger partial charge in [-0.15, -0.1) is 0 Å². The van der Waals surface area contributed by atoms with Gasteiger partial charge in [-0.1, -0.05) is 12.1 Å². The van der Waals surface area contributed by atoms with E-state index in [1.54, 1.807) is 24.3 Å². The number of anilines is 1. The lowest BCUT2D eigenvalue weighted by Gasteiger charge is -2.22. The normalized spacial score (nSPS) is 11.7. The molecule has 1 atom stereocenters. The Bertz CT molecular complexity index is 969. The number of hydrogen-bond acceptors (Lipinski definition) is 9. The standard InChI is InChI=1S/C20H30BN7O5/c22-5-7-28(8-6-23)19(30)4-2-16(24)20(31)26-12-18(29)27-15-10-13-9-14(21(32)33)1-3-17(13)25-11-15/h1,3,9-11,16,32-33H,2,4-8,12,22-24H2,(H,26,31)(H,27,29). The van der Waals surface area contributed by atoms with Crippen molar-refractivity contribution in [2.24, 2.45) is 17.2 Å². The van der Waals surface area contributed by atoms with Crippen molar-refractivity contribution >= 4 is 46.9 Å². The lowest BCUT2D eigenvalue weighted by Crippen LogP contribution is -2.45. The SMILES string of the molecule is NCCN(CCN)C(=O)CCC(N)C(=O)NCC(=O)Nc1cnc2ccc(B(O)O)cc2c1. The number of aromatic nitrogens is 1. The fourth-order valence-corrected chi connectivity index (χ4v) is 3.12. The number of rotatable bonds is 12. The molecule has 12 nitrogen and oxygen atoms in total. The summed E-state index contributed by atoms with van der Waals surface area (Å²) in [6.07, 6.45) is 1.63. The Kier molecular flexibility index (Phi) is 10.2. The number of carbonyl (C=O) groups excluding carboxylic acids is 3. The van der Waals surface area contributed by atoms with Gasteiger partial charge in [0, 0.05) is 38.0 Å². The summed E-state index contributed by atoms with van der Waals surface area (Å²) in [7, 11) is -1.62. The van der Waals surface area contributed by atoms with E-state index in [0.717, 1.165) is 0 Å². The molecule has 13 heteroatoms. The number of amides is 3. The fraction of sp³-hybridized carbons (Fsp3) is 0.400. The second-order valence-electron chi connectivity index (χ2n) is 7.42. The van der Waals surface area contributed by atoms with E-state index < -0.39 is 25.0 Å². The highest BCUT2D eigenvalue weighted by atomic mass is 16.4. The summed E-state index contributed by atoms with van der Waals surface area (Å²) in [5.74, 6) is -1.24. The molecule has 33 heavy (non-hydrogen) atoms. The Morgan fingerprint density at radius 2 is 1.82 bits per heavy atom. The van der Waals surface area contributed by atoms with E-state index >= 15 is 0 Å². The van der Waals surface area contributed by atoms with Crippen LogP contribution < -0.4 is 33.3 Å². The second-order valence-corrected chi connectivity index (χ2v) is 7.42. The van der Waals surface area contributed by atoms with E-state index in [0.29, 0.717) is 48.2 Å². The molecule has 0 fully saturated rings. The van der Waals surface area contributed by atoms with Gasteiger partial charge in [0.05, 0.1) is 30.0 Å². The summed E-state index contributed by atoms with van der Waals surface area (Å²) in [5, 5.41) is 24.2. The Balaban J connectivity index is 1.83. The van der Waals surface area contributed by atoms with Gasteiger partial charge in [-0.05, 0) is 24.0 Å². The highest BCUT2D eigenvalue weighted by Crippen LogP contribution is 2.15. The Morgan fingerprint density at radius 1 is 1.12 bits per heavy atom. The van der Waals surface area contributed by atoms with Crippen LogP contribution in [0.15, 0.2) is 30.5 Å². The highest BCUT2D eigenvalue weighted by molar-refractivity contribution is 6.58. The van der Waals surface area contributed by atoms with Crippen LogP contribution in [0.25, 0.3) is 10.9 Å². The average molecular weight is 459 g/mol. The first kappa shape index (κ1) is 26.2. The largest absolute Gasteiger partial charge is 0.488 e. The van der Waals surface area contributed by atoms with Crippen molar-refractivity contribution < 1.29 is 24.4 Å². The maximum Gasteiger partial charge on any atom is 0.488 e. The Hall–Kier alpha value is -3.10. The van der Waals surface area contributed by atoms with Crippen LogP contribution in [-0.4, -0.2) is 83.5 Å². The second kappa shape index (κ2) is 12.8.